The first kappa shape index (κ1) is 10.9. The smallest absolute Gasteiger partial charge is 0.289 e. The molecule has 2 heterocycles. The van der Waals surface area contributed by atoms with Gasteiger partial charge in [-0.1, -0.05) is 12.8 Å². The van der Waals surface area contributed by atoms with Gasteiger partial charge >= 0.3 is 5.88 Å². The molecular formula is C10H17N4O2+. The summed E-state index contributed by atoms with van der Waals surface area (Å²) in [6, 6.07) is 0. The van der Waals surface area contributed by atoms with Crippen LogP contribution in [-0.4, -0.2) is 24.3 Å². The van der Waals surface area contributed by atoms with Crippen LogP contribution in [0.3, 0.4) is 0 Å². The summed E-state index contributed by atoms with van der Waals surface area (Å²) in [6.07, 6.45) is 6.60. The second-order valence-corrected chi connectivity index (χ2v) is 4.04. The van der Waals surface area contributed by atoms with Crippen molar-refractivity contribution in [3.63, 3.8) is 0 Å². The maximum absolute atomic E-state index is 10.8. The van der Waals surface area contributed by atoms with Crippen molar-refractivity contribution in [3.05, 3.63) is 6.20 Å². The van der Waals surface area contributed by atoms with Gasteiger partial charge in [0.1, 0.15) is 0 Å². The Morgan fingerprint density at radius 2 is 2.12 bits per heavy atom. The molecule has 6 nitrogen and oxygen atoms in total. The molecule has 2 rings (SSSR count). The Labute approximate surface area is 94.1 Å². The highest BCUT2D eigenvalue weighted by Gasteiger charge is 2.21. The van der Waals surface area contributed by atoms with Crippen LogP contribution in [0.25, 0.3) is 0 Å². The number of hydrogen-bond donors (Lipinski definition) is 1. The molecule has 0 atom stereocenters. The Bertz CT molecular complexity index is 355. The molecule has 0 unspecified atom stereocenters. The highest BCUT2D eigenvalue weighted by atomic mass is 16.5. The third-order valence-corrected chi connectivity index (χ3v) is 2.63. The molecule has 1 N–H and O–H groups in total. The lowest BCUT2D eigenvalue weighted by Gasteiger charge is -2.08. The summed E-state index contributed by atoms with van der Waals surface area (Å²) in [5, 5.41) is 8.58. The molecule has 0 radical (unpaired) electrons. The average Bonchev–Trinajstić information content (AvgIpc) is 2.53. The van der Waals surface area contributed by atoms with E-state index < -0.39 is 0 Å². The van der Waals surface area contributed by atoms with Crippen molar-refractivity contribution in [2.45, 2.75) is 32.6 Å². The van der Waals surface area contributed by atoms with Crippen LogP contribution >= 0.6 is 0 Å². The van der Waals surface area contributed by atoms with Crippen LogP contribution in [0.4, 0.5) is 5.88 Å². The number of anilines is 1. The standard InChI is InChI=1S/C10H16N4O2/c1-9(15)11-10-8-14(12-16-10)13-6-4-2-3-5-7-13/h8H,2-7H2,1H3/p+1. The third-order valence-electron chi connectivity index (χ3n) is 2.63. The second-order valence-electron chi connectivity index (χ2n) is 4.04. The quantitative estimate of drug-likeness (QED) is 0.741. The Hall–Kier alpha value is -1.59. The van der Waals surface area contributed by atoms with Crippen molar-refractivity contribution in [2.24, 2.45) is 0 Å². The molecule has 1 aliphatic rings. The van der Waals surface area contributed by atoms with E-state index in [9.17, 15) is 4.79 Å². The zero-order valence-corrected chi connectivity index (χ0v) is 9.48. The maximum atomic E-state index is 10.8. The van der Waals surface area contributed by atoms with Crippen LogP contribution in [0.15, 0.2) is 10.7 Å². The summed E-state index contributed by atoms with van der Waals surface area (Å²) in [6.45, 7) is 3.41. The molecule has 1 saturated heterocycles. The zero-order chi connectivity index (χ0) is 11.4. The van der Waals surface area contributed by atoms with Gasteiger partial charge in [-0.05, 0) is 12.8 Å². The van der Waals surface area contributed by atoms with E-state index in [0.29, 0.717) is 5.88 Å². The van der Waals surface area contributed by atoms with Gasteiger partial charge in [0.15, 0.2) is 0 Å². The van der Waals surface area contributed by atoms with Crippen LogP contribution in [0.1, 0.15) is 32.6 Å². The molecule has 88 valence electrons. The van der Waals surface area contributed by atoms with Crippen molar-refractivity contribution in [1.82, 2.24) is 5.27 Å². The number of carbonyl (C=O) groups excluding carboxylic acids is 1. The highest BCUT2D eigenvalue weighted by Crippen LogP contribution is 2.07. The number of amides is 1. The molecule has 1 aromatic heterocycles. The first-order valence-electron chi connectivity index (χ1n) is 5.67. The predicted octanol–water partition coefficient (Wildman–Crippen LogP) is 0.432. The molecule has 1 fully saturated rings. The van der Waals surface area contributed by atoms with Crippen LogP contribution < -0.4 is 15.1 Å². The highest BCUT2D eigenvalue weighted by molar-refractivity contribution is 5.86. The molecule has 1 aromatic rings. The number of hydrogen-bond acceptors (Lipinski definition) is 4. The lowest BCUT2D eigenvalue weighted by molar-refractivity contribution is -0.758. The molecule has 16 heavy (non-hydrogen) atoms. The van der Waals surface area contributed by atoms with Gasteiger partial charge in [0.2, 0.25) is 11.2 Å². The lowest BCUT2D eigenvalue weighted by atomic mass is 10.2. The summed E-state index contributed by atoms with van der Waals surface area (Å²) in [7, 11) is 0. The van der Waals surface area contributed by atoms with Gasteiger partial charge in [-0.2, -0.15) is 5.01 Å². The molecule has 0 bridgehead atoms. The van der Waals surface area contributed by atoms with Crippen molar-refractivity contribution in [2.75, 3.05) is 23.4 Å². The predicted molar refractivity (Wildman–Crippen MR) is 57.4 cm³/mol. The number of nitrogens with zero attached hydrogens (tertiary/aromatic N) is 3. The first-order valence-corrected chi connectivity index (χ1v) is 5.67. The molecule has 6 heteroatoms. The number of carbonyl (C=O) groups is 1. The molecule has 0 aromatic carbocycles. The Morgan fingerprint density at radius 1 is 1.44 bits per heavy atom. The summed E-state index contributed by atoms with van der Waals surface area (Å²) < 4.78 is 5.01. The normalized spacial score (nSPS) is 16.9. The van der Waals surface area contributed by atoms with Crippen LogP contribution in [0.2, 0.25) is 0 Å². The van der Waals surface area contributed by atoms with E-state index >= 15 is 0 Å². The van der Waals surface area contributed by atoms with Gasteiger partial charge in [0.05, 0.1) is 17.9 Å². The van der Waals surface area contributed by atoms with E-state index in [4.69, 9.17) is 4.52 Å². The summed E-state index contributed by atoms with van der Waals surface area (Å²) >= 11 is 0. The van der Waals surface area contributed by atoms with E-state index in [1.54, 1.807) is 11.0 Å². The average molecular weight is 225 g/mol. The monoisotopic (exact) mass is 225 g/mol. The minimum atomic E-state index is -0.154. The van der Waals surface area contributed by atoms with Crippen molar-refractivity contribution < 1.29 is 14.1 Å². The van der Waals surface area contributed by atoms with Gasteiger partial charge in [0, 0.05) is 6.92 Å². The first-order chi connectivity index (χ1) is 7.75. The largest absolute Gasteiger partial charge is 0.305 e. The Balaban J connectivity index is 2.02. The van der Waals surface area contributed by atoms with Gasteiger partial charge in [-0.3, -0.25) is 14.6 Å². The van der Waals surface area contributed by atoms with Gasteiger partial charge < -0.3 is 0 Å². The zero-order valence-electron chi connectivity index (χ0n) is 9.48. The van der Waals surface area contributed by atoms with Crippen molar-refractivity contribution in [1.29, 1.82) is 0 Å². The van der Waals surface area contributed by atoms with Crippen LogP contribution in [-0.2, 0) is 4.79 Å². The van der Waals surface area contributed by atoms with Crippen molar-refractivity contribution >= 4 is 11.8 Å². The fraction of sp³-hybridized carbons (Fsp3) is 0.700. The van der Waals surface area contributed by atoms with E-state index in [-0.39, 0.29) is 5.91 Å². The van der Waals surface area contributed by atoms with Crippen LogP contribution in [0.5, 0.6) is 0 Å². The molecule has 0 saturated carbocycles. The van der Waals surface area contributed by atoms with Gasteiger partial charge in [-0.15, -0.1) is 0 Å². The summed E-state index contributed by atoms with van der Waals surface area (Å²) in [5.74, 6) is 0.232. The minimum Gasteiger partial charge on any atom is -0.289 e. The molecule has 0 aliphatic carbocycles. The topological polar surface area (TPSA) is 62.3 Å². The number of nitrogens with one attached hydrogen (secondary N) is 1. The summed E-state index contributed by atoms with van der Waals surface area (Å²) in [5.41, 5.74) is 0. The molecular weight excluding hydrogens is 208 g/mol. The van der Waals surface area contributed by atoms with E-state index in [1.165, 1.54) is 32.6 Å². The van der Waals surface area contributed by atoms with Gasteiger partial charge in [0.25, 0.3) is 6.20 Å². The number of rotatable bonds is 2. The molecule has 1 amide bonds. The molecule has 1 aliphatic heterocycles. The fourth-order valence-corrected chi connectivity index (χ4v) is 1.86. The fourth-order valence-electron chi connectivity index (χ4n) is 1.86. The van der Waals surface area contributed by atoms with Gasteiger partial charge in [-0.25, -0.2) is 0 Å². The summed E-state index contributed by atoms with van der Waals surface area (Å²) in [4.78, 5) is 12.5. The second kappa shape index (κ2) is 4.96. The Morgan fingerprint density at radius 3 is 2.75 bits per heavy atom. The SMILES string of the molecule is CC(=O)Nc1c[n+](N2CCCCCC2)no1. The van der Waals surface area contributed by atoms with E-state index in [1.807, 2.05) is 0 Å². The Kier molecular flexibility index (Phi) is 3.38. The minimum absolute atomic E-state index is 0.154. The van der Waals surface area contributed by atoms with E-state index in [2.05, 4.69) is 15.6 Å². The third kappa shape index (κ3) is 2.71. The van der Waals surface area contributed by atoms with Crippen molar-refractivity contribution in [3.8, 4) is 0 Å². The van der Waals surface area contributed by atoms with E-state index in [0.717, 1.165) is 13.1 Å². The van der Waals surface area contributed by atoms with Crippen LogP contribution in [0, 0.1) is 0 Å². The molecule has 0 spiro atoms. The maximum Gasteiger partial charge on any atom is 0.305 e. The lowest BCUT2D eigenvalue weighted by Crippen LogP contribution is -2.59. The number of aromatic nitrogens is 2.